The first kappa shape index (κ1) is 16.3. The quantitative estimate of drug-likeness (QED) is 0.841. The Kier molecular flexibility index (Phi) is 4.07. The van der Waals surface area contributed by atoms with Gasteiger partial charge in [-0.3, -0.25) is 19.7 Å². The standard InChI is InChI=1S/C19H23N3O3/c1-2-21-8-7-13(10-21)12-3-4-15-14(9-12)11-22(19(15)25)16-5-6-17(23)20-18(16)24/h3-4,9,13,16H,2,5-8,10-11H2,1H3,(H,20,23,24). The van der Waals surface area contributed by atoms with Gasteiger partial charge in [0.05, 0.1) is 0 Å². The van der Waals surface area contributed by atoms with Gasteiger partial charge in [-0.2, -0.15) is 0 Å². The van der Waals surface area contributed by atoms with Gasteiger partial charge in [0.2, 0.25) is 11.8 Å². The van der Waals surface area contributed by atoms with Crippen molar-refractivity contribution in [2.45, 2.75) is 44.7 Å². The van der Waals surface area contributed by atoms with E-state index in [1.165, 1.54) is 5.56 Å². The first-order valence-electron chi connectivity index (χ1n) is 9.06. The molecule has 3 aliphatic rings. The second-order valence-corrected chi connectivity index (χ2v) is 7.20. The summed E-state index contributed by atoms with van der Waals surface area (Å²) in [5, 5.41) is 2.34. The van der Waals surface area contributed by atoms with Crippen LogP contribution >= 0.6 is 0 Å². The van der Waals surface area contributed by atoms with Crippen LogP contribution in [0.25, 0.3) is 0 Å². The largest absolute Gasteiger partial charge is 0.322 e. The lowest BCUT2D eigenvalue weighted by Gasteiger charge is -2.29. The number of imide groups is 1. The van der Waals surface area contributed by atoms with Crippen LogP contribution in [-0.2, 0) is 16.1 Å². The summed E-state index contributed by atoms with van der Waals surface area (Å²) in [6.07, 6.45) is 1.85. The Morgan fingerprint density at radius 3 is 2.76 bits per heavy atom. The molecule has 6 nitrogen and oxygen atoms in total. The summed E-state index contributed by atoms with van der Waals surface area (Å²) in [6.45, 7) is 5.91. The van der Waals surface area contributed by atoms with Crippen molar-refractivity contribution in [1.29, 1.82) is 0 Å². The van der Waals surface area contributed by atoms with Gasteiger partial charge in [-0.15, -0.1) is 0 Å². The maximum Gasteiger partial charge on any atom is 0.255 e. The predicted octanol–water partition coefficient (Wildman–Crippen LogP) is 1.26. The van der Waals surface area contributed by atoms with E-state index in [1.54, 1.807) is 4.90 Å². The van der Waals surface area contributed by atoms with Crippen molar-refractivity contribution in [2.24, 2.45) is 0 Å². The number of carbonyl (C=O) groups excluding carboxylic acids is 3. The van der Waals surface area contributed by atoms with E-state index in [2.05, 4.69) is 29.3 Å². The van der Waals surface area contributed by atoms with Crippen LogP contribution in [0.5, 0.6) is 0 Å². The molecular weight excluding hydrogens is 318 g/mol. The molecular formula is C19H23N3O3. The summed E-state index contributed by atoms with van der Waals surface area (Å²) in [4.78, 5) is 40.2. The zero-order valence-electron chi connectivity index (χ0n) is 14.5. The molecule has 132 valence electrons. The number of likely N-dealkylation sites (N-methyl/N-ethyl adjacent to an activating group) is 1. The molecule has 0 bridgehead atoms. The molecule has 1 aromatic carbocycles. The van der Waals surface area contributed by atoms with E-state index in [-0.39, 0.29) is 24.1 Å². The van der Waals surface area contributed by atoms with Crippen molar-refractivity contribution in [1.82, 2.24) is 15.1 Å². The van der Waals surface area contributed by atoms with Crippen molar-refractivity contribution < 1.29 is 14.4 Å². The molecule has 0 aliphatic carbocycles. The number of rotatable bonds is 3. The lowest BCUT2D eigenvalue weighted by atomic mass is 9.95. The lowest BCUT2D eigenvalue weighted by Crippen LogP contribution is -2.52. The average Bonchev–Trinajstić information content (AvgIpc) is 3.20. The van der Waals surface area contributed by atoms with Crippen molar-refractivity contribution in [3.05, 3.63) is 34.9 Å². The first-order valence-corrected chi connectivity index (χ1v) is 9.06. The van der Waals surface area contributed by atoms with E-state index in [1.807, 2.05) is 6.07 Å². The Balaban J connectivity index is 1.53. The monoisotopic (exact) mass is 341 g/mol. The fourth-order valence-electron chi connectivity index (χ4n) is 4.24. The maximum absolute atomic E-state index is 12.7. The second kappa shape index (κ2) is 6.26. The van der Waals surface area contributed by atoms with Crippen LogP contribution in [0, 0.1) is 0 Å². The van der Waals surface area contributed by atoms with Gasteiger partial charge in [0.1, 0.15) is 6.04 Å². The van der Waals surface area contributed by atoms with E-state index in [4.69, 9.17) is 0 Å². The van der Waals surface area contributed by atoms with Crippen molar-refractivity contribution in [2.75, 3.05) is 19.6 Å². The van der Waals surface area contributed by atoms with Crippen LogP contribution in [0.15, 0.2) is 18.2 Å². The highest BCUT2D eigenvalue weighted by Gasteiger charge is 2.39. The van der Waals surface area contributed by atoms with E-state index < -0.39 is 6.04 Å². The van der Waals surface area contributed by atoms with Gasteiger partial charge < -0.3 is 9.80 Å². The number of nitrogens with one attached hydrogen (secondary N) is 1. The molecule has 0 aromatic heterocycles. The summed E-state index contributed by atoms with van der Waals surface area (Å²) in [5.74, 6) is -0.191. The third kappa shape index (κ3) is 2.84. The van der Waals surface area contributed by atoms with Crippen LogP contribution in [0.1, 0.15) is 53.6 Å². The molecule has 3 amide bonds. The third-order valence-corrected chi connectivity index (χ3v) is 5.74. The number of benzene rings is 1. The number of fused-ring (bicyclic) bond motifs is 1. The van der Waals surface area contributed by atoms with Crippen LogP contribution < -0.4 is 5.32 Å². The minimum absolute atomic E-state index is 0.0994. The minimum atomic E-state index is -0.539. The number of hydrogen-bond acceptors (Lipinski definition) is 4. The van der Waals surface area contributed by atoms with Crippen LogP contribution in [0.2, 0.25) is 0 Å². The third-order valence-electron chi connectivity index (χ3n) is 5.74. The Labute approximate surface area is 147 Å². The van der Waals surface area contributed by atoms with Crippen molar-refractivity contribution in [3.63, 3.8) is 0 Å². The first-order chi connectivity index (χ1) is 12.1. The molecule has 0 radical (unpaired) electrons. The molecule has 6 heteroatoms. The molecule has 25 heavy (non-hydrogen) atoms. The van der Waals surface area contributed by atoms with Crippen molar-refractivity contribution in [3.8, 4) is 0 Å². The zero-order valence-corrected chi connectivity index (χ0v) is 14.5. The van der Waals surface area contributed by atoms with Gasteiger partial charge in [0.25, 0.3) is 5.91 Å². The SMILES string of the molecule is CCN1CCC(c2ccc3c(c2)CN(C2CCC(=O)NC2=O)C3=O)C1. The molecule has 3 heterocycles. The molecule has 1 aromatic rings. The number of likely N-dealkylation sites (tertiary alicyclic amines) is 1. The smallest absolute Gasteiger partial charge is 0.255 e. The van der Waals surface area contributed by atoms with E-state index in [0.29, 0.717) is 24.4 Å². The summed E-state index contributed by atoms with van der Waals surface area (Å²) >= 11 is 0. The molecule has 0 spiro atoms. The maximum atomic E-state index is 12.7. The fourth-order valence-corrected chi connectivity index (χ4v) is 4.24. The molecule has 0 saturated carbocycles. The Hall–Kier alpha value is -2.21. The molecule has 2 unspecified atom stereocenters. The Bertz CT molecular complexity index is 745. The zero-order chi connectivity index (χ0) is 17.6. The number of carbonyl (C=O) groups is 3. The number of hydrogen-bond donors (Lipinski definition) is 1. The van der Waals surface area contributed by atoms with Gasteiger partial charge in [0.15, 0.2) is 0 Å². The highest BCUT2D eigenvalue weighted by molar-refractivity contribution is 6.05. The molecule has 2 atom stereocenters. The lowest BCUT2D eigenvalue weighted by molar-refractivity contribution is -0.136. The van der Waals surface area contributed by atoms with Crippen LogP contribution in [-0.4, -0.2) is 53.2 Å². The van der Waals surface area contributed by atoms with Crippen LogP contribution in [0.4, 0.5) is 0 Å². The average molecular weight is 341 g/mol. The highest BCUT2D eigenvalue weighted by Crippen LogP contribution is 2.33. The Morgan fingerprint density at radius 2 is 2.04 bits per heavy atom. The Morgan fingerprint density at radius 1 is 1.20 bits per heavy atom. The minimum Gasteiger partial charge on any atom is -0.322 e. The number of piperidine rings is 1. The summed E-state index contributed by atoms with van der Waals surface area (Å²) in [7, 11) is 0. The summed E-state index contributed by atoms with van der Waals surface area (Å²) < 4.78 is 0. The fraction of sp³-hybridized carbons (Fsp3) is 0.526. The van der Waals surface area contributed by atoms with Gasteiger partial charge in [-0.25, -0.2) is 0 Å². The van der Waals surface area contributed by atoms with E-state index in [9.17, 15) is 14.4 Å². The molecule has 3 aliphatic heterocycles. The van der Waals surface area contributed by atoms with E-state index >= 15 is 0 Å². The summed E-state index contributed by atoms with van der Waals surface area (Å²) in [5.41, 5.74) is 2.98. The normalized spacial score (nSPS) is 26.9. The second-order valence-electron chi connectivity index (χ2n) is 7.20. The number of amides is 3. The number of nitrogens with zero attached hydrogens (tertiary/aromatic N) is 2. The van der Waals surface area contributed by atoms with Gasteiger partial charge >= 0.3 is 0 Å². The summed E-state index contributed by atoms with van der Waals surface area (Å²) in [6, 6.07) is 5.58. The molecule has 1 N–H and O–H groups in total. The highest BCUT2D eigenvalue weighted by atomic mass is 16.2. The topological polar surface area (TPSA) is 69.7 Å². The molecule has 4 rings (SSSR count). The van der Waals surface area contributed by atoms with E-state index in [0.717, 1.165) is 31.6 Å². The van der Waals surface area contributed by atoms with Gasteiger partial charge in [0, 0.05) is 25.1 Å². The molecule has 2 fully saturated rings. The predicted molar refractivity (Wildman–Crippen MR) is 92.0 cm³/mol. The van der Waals surface area contributed by atoms with Crippen LogP contribution in [0.3, 0.4) is 0 Å². The molecule has 2 saturated heterocycles. The van der Waals surface area contributed by atoms with Crippen molar-refractivity contribution >= 4 is 17.7 Å². The van der Waals surface area contributed by atoms with Gasteiger partial charge in [-0.1, -0.05) is 19.1 Å². The van der Waals surface area contributed by atoms with Gasteiger partial charge in [-0.05, 0) is 49.0 Å².